The lowest BCUT2D eigenvalue weighted by Crippen LogP contribution is -2.52. The number of aromatic nitrogens is 2. The molecule has 14 nitrogen and oxygen atoms in total. The molecule has 1 unspecified atom stereocenters. The second-order valence-electron chi connectivity index (χ2n) is 16.2. The van der Waals surface area contributed by atoms with Gasteiger partial charge in [0.1, 0.15) is 22.6 Å². The van der Waals surface area contributed by atoms with Gasteiger partial charge in [0.25, 0.3) is 5.91 Å². The Kier molecular flexibility index (Phi) is 12.4. The van der Waals surface area contributed by atoms with Crippen molar-refractivity contribution in [2.75, 3.05) is 35.7 Å². The smallest absolute Gasteiger partial charge is 0.258 e. The van der Waals surface area contributed by atoms with E-state index in [9.17, 15) is 22.8 Å². The molecule has 3 amide bonds. The minimum Gasteiger partial charge on any atom is -0.489 e. The summed E-state index contributed by atoms with van der Waals surface area (Å²) >= 11 is 6.50. The zero-order valence-corrected chi connectivity index (χ0v) is 36.1. The molecule has 3 aliphatic heterocycles. The molecule has 2 saturated heterocycles. The summed E-state index contributed by atoms with van der Waals surface area (Å²) in [6.07, 6.45) is 3.39. The molecule has 0 aliphatic carbocycles. The third kappa shape index (κ3) is 8.91. The number of nitrogens with one attached hydrogen (secondary N) is 3. The van der Waals surface area contributed by atoms with Crippen LogP contribution in [0.2, 0.25) is 5.02 Å². The van der Waals surface area contributed by atoms with Crippen molar-refractivity contribution >= 4 is 68.0 Å². The van der Waals surface area contributed by atoms with Gasteiger partial charge < -0.3 is 25.2 Å². The van der Waals surface area contributed by atoms with Crippen molar-refractivity contribution in [3.05, 3.63) is 87.8 Å². The number of para-hydroxylation sites is 1. The summed E-state index contributed by atoms with van der Waals surface area (Å²) < 4.78 is 47.9. The number of amides is 3. The fourth-order valence-electron chi connectivity index (χ4n) is 8.08. The van der Waals surface area contributed by atoms with Crippen molar-refractivity contribution in [1.29, 1.82) is 0 Å². The van der Waals surface area contributed by atoms with E-state index in [0.29, 0.717) is 29.2 Å². The van der Waals surface area contributed by atoms with Crippen LogP contribution in [0.5, 0.6) is 5.75 Å². The highest BCUT2D eigenvalue weighted by Crippen LogP contribution is 2.38. The number of benzene rings is 3. The molecule has 2 fully saturated rings. The zero-order valence-electron chi connectivity index (χ0n) is 34.5. The van der Waals surface area contributed by atoms with E-state index < -0.39 is 38.8 Å². The molecule has 4 heterocycles. The topological polar surface area (TPSA) is 166 Å². The second-order valence-corrected chi connectivity index (χ2v) is 19.1. The Balaban J connectivity index is 1.02. The number of imide groups is 1. The normalized spacial score (nSPS) is 17.4. The van der Waals surface area contributed by atoms with Gasteiger partial charge in [0, 0.05) is 50.4 Å². The van der Waals surface area contributed by atoms with Crippen LogP contribution in [-0.2, 0) is 32.5 Å². The van der Waals surface area contributed by atoms with Crippen molar-refractivity contribution < 1.29 is 31.9 Å². The number of carbonyl (C=O) groups is 3. The molecule has 0 radical (unpaired) electrons. The summed E-state index contributed by atoms with van der Waals surface area (Å²) in [4.78, 5) is 52.4. The lowest BCUT2D eigenvalue weighted by atomic mass is 10.00. The van der Waals surface area contributed by atoms with Gasteiger partial charge in [0.05, 0.1) is 39.4 Å². The SMILES string of the molecule is Cc1cc(Nc2ncc(Cl)c(Nc3ccccc3S(=O)(=O)C(C)C)n2)c(OC(C)C)cc1N1CCC(N(C)Cc2cc(F)c3c(c2)CN(C2CCC(=O)NC2=O)C3=O)CC1. The van der Waals surface area contributed by atoms with Gasteiger partial charge in [0.15, 0.2) is 15.7 Å². The summed E-state index contributed by atoms with van der Waals surface area (Å²) in [5.74, 6) is -0.933. The molecule has 3 N–H and O–H groups in total. The number of ether oxygens (including phenoxy) is 1. The summed E-state index contributed by atoms with van der Waals surface area (Å²) in [6.45, 7) is 11.4. The maximum absolute atomic E-state index is 15.4. The van der Waals surface area contributed by atoms with Crippen LogP contribution in [0, 0.1) is 12.7 Å². The Morgan fingerprint density at radius 3 is 2.45 bits per heavy atom. The van der Waals surface area contributed by atoms with Gasteiger partial charge >= 0.3 is 0 Å². The summed E-state index contributed by atoms with van der Waals surface area (Å²) in [6, 6.07) is 13.3. The van der Waals surface area contributed by atoms with Gasteiger partial charge in [-0.2, -0.15) is 4.98 Å². The van der Waals surface area contributed by atoms with Gasteiger partial charge in [-0.1, -0.05) is 29.8 Å². The lowest BCUT2D eigenvalue weighted by Gasteiger charge is -2.38. The van der Waals surface area contributed by atoms with Crippen LogP contribution < -0.4 is 25.6 Å². The first-order chi connectivity index (χ1) is 28.5. The number of rotatable bonds is 13. The zero-order chi connectivity index (χ0) is 43.0. The molecular weight excluding hydrogens is 811 g/mol. The highest BCUT2D eigenvalue weighted by atomic mass is 35.5. The van der Waals surface area contributed by atoms with E-state index in [1.807, 2.05) is 46.0 Å². The van der Waals surface area contributed by atoms with Crippen molar-refractivity contribution in [1.82, 2.24) is 25.1 Å². The summed E-state index contributed by atoms with van der Waals surface area (Å²) in [5.41, 5.74) is 4.35. The molecule has 60 heavy (non-hydrogen) atoms. The van der Waals surface area contributed by atoms with Gasteiger partial charge in [0.2, 0.25) is 17.8 Å². The van der Waals surface area contributed by atoms with Crippen LogP contribution >= 0.6 is 11.6 Å². The summed E-state index contributed by atoms with van der Waals surface area (Å²) in [5, 5.41) is 8.27. The molecule has 0 spiro atoms. The fraction of sp³-hybridized carbons (Fsp3) is 0.419. The average Bonchev–Trinajstić information content (AvgIpc) is 3.52. The van der Waals surface area contributed by atoms with Gasteiger partial charge in [-0.3, -0.25) is 24.6 Å². The minimum absolute atomic E-state index is 0.00234. The number of fused-ring (bicyclic) bond motifs is 1. The highest BCUT2D eigenvalue weighted by Gasteiger charge is 2.41. The number of halogens is 2. The molecule has 0 saturated carbocycles. The molecule has 318 valence electrons. The van der Waals surface area contributed by atoms with Crippen molar-refractivity contribution in [3.63, 3.8) is 0 Å². The van der Waals surface area contributed by atoms with Crippen LogP contribution in [0.25, 0.3) is 0 Å². The number of hydrogen-bond donors (Lipinski definition) is 3. The average molecular weight is 861 g/mol. The Bertz CT molecular complexity index is 2440. The maximum atomic E-state index is 15.4. The van der Waals surface area contributed by atoms with Gasteiger partial charge in [-0.05, 0) is 102 Å². The Labute approximate surface area is 354 Å². The maximum Gasteiger partial charge on any atom is 0.258 e. The molecule has 17 heteroatoms. The molecule has 4 aromatic rings. The van der Waals surface area contributed by atoms with E-state index in [-0.39, 0.29) is 64.7 Å². The minimum atomic E-state index is -3.59. The number of carbonyl (C=O) groups excluding carboxylic acids is 3. The van der Waals surface area contributed by atoms with Crippen LogP contribution in [0.4, 0.5) is 33.2 Å². The van der Waals surface area contributed by atoms with Crippen molar-refractivity contribution in [3.8, 4) is 5.75 Å². The largest absolute Gasteiger partial charge is 0.489 e. The third-order valence-corrected chi connectivity index (χ3v) is 13.7. The van der Waals surface area contributed by atoms with E-state index >= 15 is 4.39 Å². The quantitative estimate of drug-likeness (QED) is 0.119. The monoisotopic (exact) mass is 860 g/mol. The first kappa shape index (κ1) is 42.8. The van der Waals surface area contributed by atoms with E-state index in [4.69, 9.17) is 16.3 Å². The third-order valence-electron chi connectivity index (χ3n) is 11.2. The number of hydrogen-bond acceptors (Lipinski definition) is 12. The molecule has 0 bridgehead atoms. The number of nitrogens with zero attached hydrogens (tertiary/aromatic N) is 5. The van der Waals surface area contributed by atoms with E-state index in [2.05, 4.69) is 35.7 Å². The molecule has 3 aromatic carbocycles. The number of sulfone groups is 1. The number of aryl methyl sites for hydroxylation is 1. The Morgan fingerprint density at radius 2 is 1.75 bits per heavy atom. The second kappa shape index (κ2) is 17.3. The molecule has 1 aromatic heterocycles. The van der Waals surface area contributed by atoms with Crippen LogP contribution in [-0.4, -0.2) is 89.5 Å². The molecule has 3 aliphatic rings. The number of anilines is 5. The number of piperidine rings is 2. The predicted molar refractivity (Wildman–Crippen MR) is 228 cm³/mol. The summed E-state index contributed by atoms with van der Waals surface area (Å²) in [7, 11) is -1.57. The van der Waals surface area contributed by atoms with Gasteiger partial charge in [-0.25, -0.2) is 17.8 Å². The van der Waals surface area contributed by atoms with Crippen LogP contribution in [0.3, 0.4) is 0 Å². The van der Waals surface area contributed by atoms with Crippen LogP contribution in [0.15, 0.2) is 59.6 Å². The Morgan fingerprint density at radius 1 is 1.02 bits per heavy atom. The van der Waals surface area contributed by atoms with Gasteiger partial charge in [-0.15, -0.1) is 0 Å². The molecule has 7 rings (SSSR count). The predicted octanol–water partition coefficient (Wildman–Crippen LogP) is 6.90. The first-order valence-electron chi connectivity index (χ1n) is 20.1. The van der Waals surface area contributed by atoms with E-state index in [1.165, 1.54) is 17.2 Å². The standard InChI is InChI=1S/C43H50ClFN8O6S/c1-24(2)59-36-20-35(26(5)17-33(36)48-43-46-21-30(44)40(50-43)47-32-9-7-8-10-37(32)60(57,58)25(3)4)52-15-13-29(14-16-52)51(6)22-27-18-28-23-53(42(56)39(28)31(45)19-27)34-11-12-38(54)49-41(34)55/h7-10,17-21,24-25,29,34H,11-16,22-23H2,1-6H3,(H,49,54,55)(H2,46,47,48,50). The fourth-order valence-corrected chi connectivity index (χ4v) is 9.42. The van der Waals surface area contributed by atoms with Crippen LogP contribution in [0.1, 0.15) is 80.4 Å². The lowest BCUT2D eigenvalue weighted by molar-refractivity contribution is -0.136. The highest BCUT2D eigenvalue weighted by molar-refractivity contribution is 7.92. The van der Waals surface area contributed by atoms with Crippen molar-refractivity contribution in [2.45, 2.75) is 102 Å². The van der Waals surface area contributed by atoms with E-state index in [1.54, 1.807) is 38.1 Å². The molecule has 1 atom stereocenters. The van der Waals surface area contributed by atoms with E-state index in [0.717, 1.165) is 42.7 Å². The van der Waals surface area contributed by atoms with Crippen molar-refractivity contribution in [2.24, 2.45) is 0 Å². The Hall–Kier alpha value is -5.32. The molecular formula is C43H50ClFN8O6S. The first-order valence-corrected chi connectivity index (χ1v) is 22.0.